The summed E-state index contributed by atoms with van der Waals surface area (Å²) in [6.45, 7) is 5.34. The van der Waals surface area contributed by atoms with Gasteiger partial charge >= 0.3 is 11.9 Å². The summed E-state index contributed by atoms with van der Waals surface area (Å²) in [6, 6.07) is -12.7. The Kier molecular flexibility index (Phi) is 25.0. The molecule has 1 saturated heterocycles. The number of aliphatic hydroxyl groups excluding tert-OH is 3. The van der Waals surface area contributed by atoms with Gasteiger partial charge in [-0.05, 0) is 63.8 Å². The first-order valence-corrected chi connectivity index (χ1v) is 21.2. The summed E-state index contributed by atoms with van der Waals surface area (Å²) in [5.41, 5.74) is 11.3. The summed E-state index contributed by atoms with van der Waals surface area (Å²) in [5.74, 6) is -10.9. The number of carboxylic acids is 2. The second kappa shape index (κ2) is 28.3. The number of amides is 8. The SMILES string of the molecule is CC(C)C[C@H](NC(=O)[C@H](CO)NC(=O)[C@H](C)NC(=O)[C@@H](N)CCCCN)C(=O)N1CCC[C@H]1C(=O)N[C@@H](CO)C(=O)N[C@@H](CO)C(=O)N[C@@H](CCC(=O)O)C(=O)N[C@H](C(=O)O)C(C)C. The van der Waals surface area contributed by atoms with E-state index in [1.807, 2.05) is 0 Å². The van der Waals surface area contributed by atoms with Crippen LogP contribution in [0.3, 0.4) is 0 Å². The molecule has 16 N–H and O–H groups in total. The molecule has 1 aliphatic rings. The number of unbranched alkanes of at least 4 members (excludes halogenated alkanes) is 1. The van der Waals surface area contributed by atoms with E-state index in [-0.39, 0.29) is 25.3 Å². The fraction of sp³-hybridized carbons (Fsp3) is 0.744. The molecule has 1 aliphatic heterocycles. The van der Waals surface area contributed by atoms with Crippen molar-refractivity contribution in [3.05, 3.63) is 0 Å². The van der Waals surface area contributed by atoms with E-state index in [2.05, 4.69) is 37.2 Å². The smallest absolute Gasteiger partial charge is 0.326 e. The van der Waals surface area contributed by atoms with Gasteiger partial charge in [0.15, 0.2) is 0 Å². The van der Waals surface area contributed by atoms with E-state index >= 15 is 0 Å². The van der Waals surface area contributed by atoms with Crippen molar-refractivity contribution in [2.45, 2.75) is 140 Å². The lowest BCUT2D eigenvalue weighted by atomic mass is 10.0. The fourth-order valence-electron chi connectivity index (χ4n) is 6.49. The van der Waals surface area contributed by atoms with Crippen LogP contribution >= 0.6 is 0 Å². The monoisotopic (exact) mass is 916 g/mol. The number of aliphatic hydroxyl groups is 3. The Hall–Kier alpha value is -5.50. The fourth-order valence-corrected chi connectivity index (χ4v) is 6.49. The van der Waals surface area contributed by atoms with Crippen LogP contribution in [0.2, 0.25) is 0 Å². The van der Waals surface area contributed by atoms with E-state index in [4.69, 9.17) is 16.6 Å². The second-order valence-electron chi connectivity index (χ2n) is 16.3. The Morgan fingerprint density at radius 2 is 1.12 bits per heavy atom. The molecule has 0 unspecified atom stereocenters. The molecule has 25 nitrogen and oxygen atoms in total. The van der Waals surface area contributed by atoms with Gasteiger partial charge in [-0.25, -0.2) is 4.79 Å². The summed E-state index contributed by atoms with van der Waals surface area (Å²) in [6.07, 6.45) is 0.910. The molecule has 64 heavy (non-hydrogen) atoms. The first-order valence-electron chi connectivity index (χ1n) is 21.2. The zero-order valence-corrected chi connectivity index (χ0v) is 37.0. The first kappa shape index (κ1) is 56.5. The highest BCUT2D eigenvalue weighted by Crippen LogP contribution is 2.21. The molecule has 25 heteroatoms. The molecule has 0 aromatic rings. The Bertz CT molecular complexity index is 1630. The lowest BCUT2D eigenvalue weighted by Crippen LogP contribution is -2.61. The summed E-state index contributed by atoms with van der Waals surface area (Å²) in [7, 11) is 0. The lowest BCUT2D eigenvalue weighted by molar-refractivity contribution is -0.144. The molecule has 0 aliphatic carbocycles. The number of rotatable bonds is 29. The van der Waals surface area contributed by atoms with Crippen LogP contribution < -0.4 is 48.7 Å². The molecular weight excluding hydrogens is 848 g/mol. The number of nitrogens with zero attached hydrogens (tertiary/aromatic N) is 1. The maximum atomic E-state index is 14.0. The van der Waals surface area contributed by atoms with Gasteiger partial charge in [-0.1, -0.05) is 34.1 Å². The molecule has 8 amide bonds. The van der Waals surface area contributed by atoms with Gasteiger partial charge in [-0.3, -0.25) is 43.2 Å². The van der Waals surface area contributed by atoms with Crippen LogP contribution in [0.15, 0.2) is 0 Å². The van der Waals surface area contributed by atoms with Crippen LogP contribution in [0.25, 0.3) is 0 Å². The summed E-state index contributed by atoms with van der Waals surface area (Å²) in [5, 5.41) is 64.8. The molecule has 1 fully saturated rings. The van der Waals surface area contributed by atoms with Gasteiger partial charge in [0.25, 0.3) is 0 Å². The molecule has 364 valence electrons. The Balaban J connectivity index is 3.08. The van der Waals surface area contributed by atoms with Gasteiger partial charge in [0, 0.05) is 13.0 Å². The third kappa shape index (κ3) is 18.7. The molecule has 0 spiro atoms. The van der Waals surface area contributed by atoms with E-state index < -0.39 is 152 Å². The Morgan fingerprint density at radius 1 is 0.625 bits per heavy atom. The Morgan fingerprint density at radius 3 is 1.61 bits per heavy atom. The topological polar surface area (TPSA) is 411 Å². The third-order valence-corrected chi connectivity index (χ3v) is 10.2. The number of carbonyl (C=O) groups is 10. The molecule has 0 aromatic heterocycles. The van der Waals surface area contributed by atoms with Crippen molar-refractivity contribution in [1.82, 2.24) is 42.1 Å². The van der Waals surface area contributed by atoms with Crippen LogP contribution in [0.4, 0.5) is 0 Å². The zero-order chi connectivity index (χ0) is 48.8. The second-order valence-corrected chi connectivity index (χ2v) is 16.3. The molecule has 9 atom stereocenters. The highest BCUT2D eigenvalue weighted by atomic mass is 16.4. The molecule has 0 aromatic carbocycles. The highest BCUT2D eigenvalue weighted by Gasteiger charge is 2.40. The van der Waals surface area contributed by atoms with E-state index in [0.29, 0.717) is 32.2 Å². The average molecular weight is 917 g/mol. The van der Waals surface area contributed by atoms with E-state index in [9.17, 15) is 68.4 Å². The van der Waals surface area contributed by atoms with E-state index in [0.717, 1.165) is 4.90 Å². The number of nitrogens with one attached hydrogen (secondary N) is 7. The molecule has 0 saturated carbocycles. The minimum atomic E-state index is -1.81. The standard InChI is InChI=1S/C39H68N10O15/c1-19(2)15-24(44-35(59)25(16-50)45-31(55)21(5)42-32(56)22(41)9-6-7-13-40)38(62)49-14-8-10-28(49)37(61)47-27(18-52)36(60)46-26(17-51)34(58)43-23(11-12-29(53)54)33(57)48-30(20(3)4)39(63)64/h19-28,30,50-52H,6-18,40-41H2,1-5H3,(H,42,56)(H,43,58)(H,44,59)(H,45,55)(H,46,60)(H,47,61)(H,48,57)(H,53,54)(H,63,64)/t21-,22-,23-,24-,25-,26-,27-,28-,30-/m0/s1. The summed E-state index contributed by atoms with van der Waals surface area (Å²) in [4.78, 5) is 130. The quantitative estimate of drug-likeness (QED) is 0.0311. The molecule has 0 radical (unpaired) electrons. The highest BCUT2D eigenvalue weighted by molar-refractivity contribution is 5.98. The number of hydrogen-bond donors (Lipinski definition) is 14. The lowest BCUT2D eigenvalue weighted by Gasteiger charge is -2.31. The van der Waals surface area contributed by atoms with Crippen molar-refractivity contribution in [3.8, 4) is 0 Å². The molecular formula is C39H68N10O15. The van der Waals surface area contributed by atoms with Gasteiger partial charge in [0.1, 0.15) is 48.3 Å². The minimum Gasteiger partial charge on any atom is -0.481 e. The maximum absolute atomic E-state index is 14.0. The van der Waals surface area contributed by atoms with Crippen LogP contribution in [-0.4, -0.2) is 177 Å². The Labute approximate surface area is 370 Å². The normalized spacial score (nSPS) is 17.4. The predicted octanol–water partition coefficient (Wildman–Crippen LogP) is -5.52. The van der Waals surface area contributed by atoms with Gasteiger partial charge in [-0.15, -0.1) is 0 Å². The van der Waals surface area contributed by atoms with Crippen LogP contribution in [0, 0.1) is 11.8 Å². The average Bonchev–Trinajstić information content (AvgIpc) is 3.73. The summed E-state index contributed by atoms with van der Waals surface area (Å²) < 4.78 is 0. The number of aliphatic carboxylic acids is 2. The third-order valence-electron chi connectivity index (χ3n) is 10.2. The van der Waals surface area contributed by atoms with Crippen LogP contribution in [-0.2, 0) is 47.9 Å². The van der Waals surface area contributed by atoms with Crippen molar-refractivity contribution < 1.29 is 73.5 Å². The van der Waals surface area contributed by atoms with Gasteiger partial charge < -0.3 is 79.1 Å². The van der Waals surface area contributed by atoms with Gasteiger partial charge in [0.05, 0.1) is 25.9 Å². The van der Waals surface area contributed by atoms with Crippen molar-refractivity contribution in [2.24, 2.45) is 23.3 Å². The number of hydrogen-bond acceptors (Lipinski definition) is 15. The minimum absolute atomic E-state index is 0.0386. The van der Waals surface area contributed by atoms with Gasteiger partial charge in [0.2, 0.25) is 47.3 Å². The van der Waals surface area contributed by atoms with Crippen molar-refractivity contribution in [2.75, 3.05) is 32.9 Å². The number of carboxylic acid groups (broad SMARTS) is 2. The summed E-state index contributed by atoms with van der Waals surface area (Å²) >= 11 is 0. The zero-order valence-electron chi connectivity index (χ0n) is 37.0. The first-order chi connectivity index (χ1) is 30.0. The maximum Gasteiger partial charge on any atom is 0.326 e. The molecule has 1 heterocycles. The predicted molar refractivity (Wildman–Crippen MR) is 225 cm³/mol. The van der Waals surface area contributed by atoms with Crippen molar-refractivity contribution >= 4 is 59.2 Å². The van der Waals surface area contributed by atoms with Crippen LogP contribution in [0.1, 0.15) is 86.0 Å². The molecule has 1 rings (SSSR count). The van der Waals surface area contributed by atoms with Crippen LogP contribution in [0.5, 0.6) is 0 Å². The number of nitrogens with two attached hydrogens (primary N) is 2. The van der Waals surface area contributed by atoms with Crippen molar-refractivity contribution in [1.29, 1.82) is 0 Å². The van der Waals surface area contributed by atoms with E-state index in [1.165, 1.54) is 20.8 Å². The van der Waals surface area contributed by atoms with Crippen molar-refractivity contribution in [3.63, 3.8) is 0 Å². The van der Waals surface area contributed by atoms with E-state index in [1.54, 1.807) is 13.8 Å². The molecule has 0 bridgehead atoms. The number of carbonyl (C=O) groups excluding carboxylic acids is 8. The number of likely N-dealkylation sites (tertiary alicyclic amines) is 1. The largest absolute Gasteiger partial charge is 0.481 e. The van der Waals surface area contributed by atoms with Gasteiger partial charge in [-0.2, -0.15) is 0 Å².